The third-order valence-electron chi connectivity index (χ3n) is 4.55. The summed E-state index contributed by atoms with van der Waals surface area (Å²) in [5, 5.41) is 4.22. The zero-order valence-corrected chi connectivity index (χ0v) is 13.4. The highest BCUT2D eigenvalue weighted by Crippen LogP contribution is 2.33. The molecular formula is C18H14FN3O3. The quantitative estimate of drug-likeness (QED) is 0.671. The predicted octanol–water partition coefficient (Wildman–Crippen LogP) is 2.57. The van der Waals surface area contributed by atoms with Crippen LogP contribution in [0, 0.1) is 5.82 Å². The van der Waals surface area contributed by atoms with Gasteiger partial charge in [-0.25, -0.2) is 18.7 Å². The van der Waals surface area contributed by atoms with Crippen molar-refractivity contribution in [3.8, 4) is 0 Å². The van der Waals surface area contributed by atoms with E-state index in [9.17, 15) is 14.0 Å². The molecular weight excluding hydrogens is 325 g/mol. The molecule has 0 amide bonds. The van der Waals surface area contributed by atoms with Crippen molar-refractivity contribution in [3.05, 3.63) is 64.9 Å². The van der Waals surface area contributed by atoms with Gasteiger partial charge in [0.05, 0.1) is 24.6 Å². The van der Waals surface area contributed by atoms with E-state index in [1.54, 1.807) is 12.1 Å². The lowest BCUT2D eigenvalue weighted by Crippen LogP contribution is -2.22. The normalized spacial score (nSPS) is 16.7. The fourth-order valence-electron chi connectivity index (χ4n) is 3.27. The van der Waals surface area contributed by atoms with E-state index in [0.29, 0.717) is 29.7 Å². The van der Waals surface area contributed by atoms with Crippen molar-refractivity contribution in [3.63, 3.8) is 0 Å². The van der Waals surface area contributed by atoms with Crippen LogP contribution in [0.3, 0.4) is 0 Å². The van der Waals surface area contributed by atoms with Crippen LogP contribution in [0.1, 0.15) is 44.3 Å². The second-order valence-electron chi connectivity index (χ2n) is 5.98. The van der Waals surface area contributed by atoms with Gasteiger partial charge in [0.1, 0.15) is 11.4 Å². The van der Waals surface area contributed by atoms with Crippen molar-refractivity contribution < 1.29 is 18.7 Å². The predicted molar refractivity (Wildman–Crippen MR) is 86.1 cm³/mol. The lowest BCUT2D eigenvalue weighted by Gasteiger charge is -2.24. The number of hydrogen-bond donors (Lipinski definition) is 0. The molecule has 1 atom stereocenters. The number of benzene rings is 1. The molecule has 6 nitrogen and oxygen atoms in total. The number of nitrogens with zero attached hydrogens (tertiary/aromatic N) is 3. The number of ether oxygens (including phenoxy) is 1. The highest BCUT2D eigenvalue weighted by atomic mass is 19.1. The van der Waals surface area contributed by atoms with Crippen molar-refractivity contribution in [2.45, 2.75) is 18.8 Å². The second kappa shape index (κ2) is 5.77. The van der Waals surface area contributed by atoms with Gasteiger partial charge in [-0.3, -0.25) is 4.79 Å². The number of hydrogen-bond acceptors (Lipinski definition) is 5. The van der Waals surface area contributed by atoms with Crippen LogP contribution in [-0.4, -0.2) is 33.5 Å². The molecule has 0 N–H and O–H groups in total. The Kier molecular flexibility index (Phi) is 3.56. The molecule has 1 aliphatic rings. The Bertz CT molecular complexity index is 995. The summed E-state index contributed by atoms with van der Waals surface area (Å²) in [5.74, 6) is -0.954. The average molecular weight is 339 g/mol. The van der Waals surface area contributed by atoms with Crippen LogP contribution in [0.25, 0.3) is 5.65 Å². The number of esters is 1. The number of aromatic nitrogens is 3. The zero-order chi connectivity index (χ0) is 17.6. The van der Waals surface area contributed by atoms with E-state index in [0.717, 1.165) is 5.56 Å². The highest BCUT2D eigenvalue weighted by Gasteiger charge is 2.30. The van der Waals surface area contributed by atoms with Crippen LogP contribution in [-0.2, 0) is 11.2 Å². The van der Waals surface area contributed by atoms with Crippen molar-refractivity contribution in [1.29, 1.82) is 0 Å². The van der Waals surface area contributed by atoms with E-state index in [1.165, 1.54) is 36.2 Å². The summed E-state index contributed by atoms with van der Waals surface area (Å²) in [5.41, 5.74) is 2.71. The SMILES string of the molecule is COC(=O)c1cnn2c3c(cnc12)C(=O)CC(c1ccc(F)cc1)C3. The third kappa shape index (κ3) is 2.48. The summed E-state index contributed by atoms with van der Waals surface area (Å²) in [7, 11) is 1.29. The maximum absolute atomic E-state index is 13.2. The fourth-order valence-corrected chi connectivity index (χ4v) is 3.27. The Morgan fingerprint density at radius 3 is 2.72 bits per heavy atom. The van der Waals surface area contributed by atoms with Crippen LogP contribution in [0.15, 0.2) is 36.7 Å². The van der Waals surface area contributed by atoms with E-state index in [4.69, 9.17) is 4.74 Å². The molecule has 2 aromatic heterocycles. The van der Waals surface area contributed by atoms with Crippen LogP contribution in [0.5, 0.6) is 0 Å². The summed E-state index contributed by atoms with van der Waals surface area (Å²) >= 11 is 0. The number of ketones is 1. The number of carbonyl (C=O) groups excluding carboxylic acids is 2. The van der Waals surface area contributed by atoms with E-state index >= 15 is 0 Å². The van der Waals surface area contributed by atoms with Gasteiger partial charge in [0.25, 0.3) is 0 Å². The summed E-state index contributed by atoms with van der Waals surface area (Å²) < 4.78 is 19.4. The van der Waals surface area contributed by atoms with Gasteiger partial charge in [0.15, 0.2) is 11.4 Å². The molecule has 0 saturated heterocycles. The summed E-state index contributed by atoms with van der Waals surface area (Å²) in [6, 6.07) is 6.17. The molecule has 1 unspecified atom stereocenters. The molecule has 0 bridgehead atoms. The van der Waals surface area contributed by atoms with Crippen molar-refractivity contribution in [2.75, 3.05) is 7.11 Å². The maximum atomic E-state index is 13.2. The van der Waals surface area contributed by atoms with Gasteiger partial charge in [0, 0.05) is 12.6 Å². The molecule has 126 valence electrons. The molecule has 0 saturated carbocycles. The van der Waals surface area contributed by atoms with E-state index in [2.05, 4.69) is 10.1 Å². The standard InChI is InChI=1S/C18H14FN3O3/c1-25-18(24)14-9-21-22-15-6-11(10-2-4-12(19)5-3-10)7-16(23)13(15)8-20-17(14)22/h2-5,8-9,11H,6-7H2,1H3. The first-order valence-electron chi connectivity index (χ1n) is 7.81. The number of rotatable bonds is 2. The van der Waals surface area contributed by atoms with Crippen molar-refractivity contribution in [2.24, 2.45) is 0 Å². The van der Waals surface area contributed by atoms with E-state index in [-0.39, 0.29) is 23.1 Å². The molecule has 1 aliphatic carbocycles. The second-order valence-corrected chi connectivity index (χ2v) is 5.98. The van der Waals surface area contributed by atoms with Gasteiger partial charge in [-0.05, 0) is 30.0 Å². The molecule has 0 fully saturated rings. The van der Waals surface area contributed by atoms with E-state index in [1.807, 2.05) is 0 Å². The van der Waals surface area contributed by atoms with Gasteiger partial charge < -0.3 is 4.74 Å². The minimum atomic E-state index is -0.528. The first kappa shape index (κ1) is 15.4. The average Bonchev–Trinajstić information content (AvgIpc) is 3.06. The van der Waals surface area contributed by atoms with Crippen molar-refractivity contribution >= 4 is 17.4 Å². The largest absolute Gasteiger partial charge is 0.465 e. The number of carbonyl (C=O) groups is 2. The summed E-state index contributed by atoms with van der Waals surface area (Å²) in [4.78, 5) is 28.6. The number of methoxy groups -OCH3 is 1. The van der Waals surface area contributed by atoms with Crippen LogP contribution >= 0.6 is 0 Å². The molecule has 2 heterocycles. The van der Waals surface area contributed by atoms with Gasteiger partial charge >= 0.3 is 5.97 Å². The number of Topliss-reactive ketones (excluding diaryl/α,β-unsaturated/α-hetero) is 1. The Morgan fingerprint density at radius 1 is 1.24 bits per heavy atom. The molecule has 0 radical (unpaired) electrons. The minimum absolute atomic E-state index is 0.0416. The van der Waals surface area contributed by atoms with Crippen LogP contribution in [0.2, 0.25) is 0 Å². The first-order valence-corrected chi connectivity index (χ1v) is 7.81. The summed E-state index contributed by atoms with van der Waals surface area (Å²) in [6.07, 6.45) is 3.76. The molecule has 7 heteroatoms. The van der Waals surface area contributed by atoms with Crippen LogP contribution in [0.4, 0.5) is 4.39 Å². The Hall–Kier alpha value is -3.09. The third-order valence-corrected chi connectivity index (χ3v) is 4.55. The van der Waals surface area contributed by atoms with E-state index < -0.39 is 5.97 Å². The molecule has 0 spiro atoms. The van der Waals surface area contributed by atoms with Gasteiger partial charge in [0.2, 0.25) is 0 Å². The molecule has 0 aliphatic heterocycles. The summed E-state index contributed by atoms with van der Waals surface area (Å²) in [6.45, 7) is 0. The van der Waals surface area contributed by atoms with Crippen LogP contribution < -0.4 is 0 Å². The number of fused-ring (bicyclic) bond motifs is 3. The minimum Gasteiger partial charge on any atom is -0.465 e. The smallest absolute Gasteiger partial charge is 0.343 e. The molecule has 4 rings (SSSR count). The zero-order valence-electron chi connectivity index (χ0n) is 13.4. The Morgan fingerprint density at radius 2 is 2.00 bits per heavy atom. The lowest BCUT2D eigenvalue weighted by atomic mass is 9.82. The monoisotopic (exact) mass is 339 g/mol. The van der Waals surface area contributed by atoms with Gasteiger partial charge in [-0.1, -0.05) is 12.1 Å². The fraction of sp³-hybridized carbons (Fsp3) is 0.222. The van der Waals surface area contributed by atoms with Gasteiger partial charge in [-0.2, -0.15) is 5.10 Å². The Labute approximate surface area is 142 Å². The number of halogens is 1. The maximum Gasteiger partial charge on any atom is 0.343 e. The molecule has 25 heavy (non-hydrogen) atoms. The van der Waals surface area contributed by atoms with Gasteiger partial charge in [-0.15, -0.1) is 0 Å². The topological polar surface area (TPSA) is 73.6 Å². The van der Waals surface area contributed by atoms with Crippen molar-refractivity contribution in [1.82, 2.24) is 14.6 Å². The highest BCUT2D eigenvalue weighted by molar-refractivity contribution is 6.00. The Balaban J connectivity index is 1.81. The molecule has 1 aromatic carbocycles. The first-order chi connectivity index (χ1) is 12.1. The molecule has 3 aromatic rings. The lowest BCUT2D eigenvalue weighted by molar-refractivity contribution is 0.0602.